The number of pyridine rings is 1. The van der Waals surface area contributed by atoms with Gasteiger partial charge < -0.3 is 10.6 Å². The van der Waals surface area contributed by atoms with E-state index in [-0.39, 0.29) is 11.9 Å². The highest BCUT2D eigenvalue weighted by Crippen LogP contribution is 2.09. The molecule has 0 aliphatic carbocycles. The molecule has 0 aliphatic heterocycles. The third-order valence-electron chi connectivity index (χ3n) is 1.72. The smallest absolute Gasteiger partial charge is 0.241 e. The summed E-state index contributed by atoms with van der Waals surface area (Å²) >= 11 is 5.69. The molecule has 0 spiro atoms. The highest BCUT2D eigenvalue weighted by Gasteiger charge is 2.10. The minimum absolute atomic E-state index is 0.0909. The predicted molar refractivity (Wildman–Crippen MR) is 56.4 cm³/mol. The van der Waals surface area contributed by atoms with Crippen LogP contribution in [0.1, 0.15) is 6.92 Å². The van der Waals surface area contributed by atoms with Crippen LogP contribution >= 0.6 is 11.6 Å². The first-order valence-corrected chi connectivity index (χ1v) is 4.62. The van der Waals surface area contributed by atoms with E-state index in [1.807, 2.05) is 0 Å². The van der Waals surface area contributed by atoms with Gasteiger partial charge in [-0.05, 0) is 19.1 Å². The number of carbonyl (C=O) groups is 1. The monoisotopic (exact) mass is 213 g/mol. The zero-order valence-electron chi connectivity index (χ0n) is 8.04. The van der Waals surface area contributed by atoms with Gasteiger partial charge in [0, 0.05) is 7.05 Å². The number of rotatable bonds is 3. The molecular weight excluding hydrogens is 202 g/mol. The van der Waals surface area contributed by atoms with Crippen LogP contribution in [-0.4, -0.2) is 24.0 Å². The Kier molecular flexibility index (Phi) is 3.71. The molecule has 1 atom stereocenters. The number of anilines is 1. The van der Waals surface area contributed by atoms with Crippen molar-refractivity contribution in [3.05, 3.63) is 23.4 Å². The van der Waals surface area contributed by atoms with Gasteiger partial charge in [0.25, 0.3) is 0 Å². The van der Waals surface area contributed by atoms with Gasteiger partial charge in [-0.25, -0.2) is 4.98 Å². The number of nitrogens with zero attached hydrogens (tertiary/aromatic N) is 1. The fourth-order valence-corrected chi connectivity index (χ4v) is 1.16. The highest BCUT2D eigenvalue weighted by atomic mass is 35.5. The van der Waals surface area contributed by atoms with E-state index in [4.69, 9.17) is 11.6 Å². The quantitative estimate of drug-likeness (QED) is 0.744. The van der Waals surface area contributed by atoms with Crippen molar-refractivity contribution >= 4 is 23.3 Å². The standard InChI is InChI=1S/C9H12ClN3O/c1-6(9(14)11-2)12-8-5-3-4-7(10)13-8/h3-6H,1-2H3,(H,11,14)(H,12,13). The Bertz CT molecular complexity index is 330. The molecule has 0 bridgehead atoms. The lowest BCUT2D eigenvalue weighted by molar-refractivity contribution is -0.121. The van der Waals surface area contributed by atoms with E-state index < -0.39 is 0 Å². The maximum atomic E-state index is 11.2. The highest BCUT2D eigenvalue weighted by molar-refractivity contribution is 6.29. The molecule has 0 radical (unpaired) electrons. The number of aromatic nitrogens is 1. The van der Waals surface area contributed by atoms with Crippen molar-refractivity contribution in [1.82, 2.24) is 10.3 Å². The van der Waals surface area contributed by atoms with Crippen LogP contribution in [0.2, 0.25) is 5.15 Å². The van der Waals surface area contributed by atoms with Crippen LogP contribution in [0.15, 0.2) is 18.2 Å². The molecule has 0 saturated heterocycles. The number of likely N-dealkylation sites (N-methyl/N-ethyl adjacent to an activating group) is 1. The van der Waals surface area contributed by atoms with Crippen molar-refractivity contribution in [2.24, 2.45) is 0 Å². The van der Waals surface area contributed by atoms with Crippen LogP contribution in [-0.2, 0) is 4.79 Å². The van der Waals surface area contributed by atoms with E-state index in [0.717, 1.165) is 0 Å². The molecule has 1 amide bonds. The normalized spacial score (nSPS) is 11.9. The lowest BCUT2D eigenvalue weighted by atomic mass is 10.3. The van der Waals surface area contributed by atoms with Crippen molar-refractivity contribution in [2.45, 2.75) is 13.0 Å². The molecular formula is C9H12ClN3O. The largest absolute Gasteiger partial charge is 0.359 e. The second kappa shape index (κ2) is 4.81. The van der Waals surface area contributed by atoms with Crippen molar-refractivity contribution < 1.29 is 4.79 Å². The van der Waals surface area contributed by atoms with Crippen LogP contribution in [0.25, 0.3) is 0 Å². The average molecular weight is 214 g/mol. The van der Waals surface area contributed by atoms with Crippen LogP contribution in [0, 0.1) is 0 Å². The van der Waals surface area contributed by atoms with Gasteiger partial charge in [0.1, 0.15) is 17.0 Å². The van der Waals surface area contributed by atoms with Gasteiger partial charge in [-0.1, -0.05) is 17.7 Å². The predicted octanol–water partition coefficient (Wildman–Crippen LogP) is 1.28. The lowest BCUT2D eigenvalue weighted by Crippen LogP contribution is -2.35. The summed E-state index contributed by atoms with van der Waals surface area (Å²) < 4.78 is 0. The Morgan fingerprint density at radius 1 is 1.57 bits per heavy atom. The van der Waals surface area contributed by atoms with E-state index in [1.165, 1.54) is 0 Å². The van der Waals surface area contributed by atoms with Crippen molar-refractivity contribution in [3.63, 3.8) is 0 Å². The Hall–Kier alpha value is -1.29. The van der Waals surface area contributed by atoms with Crippen LogP contribution in [0.4, 0.5) is 5.82 Å². The summed E-state index contributed by atoms with van der Waals surface area (Å²) in [7, 11) is 1.59. The molecule has 1 aromatic rings. The number of hydrogen-bond donors (Lipinski definition) is 2. The molecule has 1 unspecified atom stereocenters. The molecule has 1 rings (SSSR count). The summed E-state index contributed by atoms with van der Waals surface area (Å²) in [6.45, 7) is 1.75. The fourth-order valence-electron chi connectivity index (χ4n) is 0.993. The van der Waals surface area contributed by atoms with Gasteiger partial charge >= 0.3 is 0 Å². The topological polar surface area (TPSA) is 54.0 Å². The van der Waals surface area contributed by atoms with Crippen LogP contribution in [0.5, 0.6) is 0 Å². The second-order valence-corrected chi connectivity index (χ2v) is 3.21. The molecule has 14 heavy (non-hydrogen) atoms. The fraction of sp³-hybridized carbons (Fsp3) is 0.333. The molecule has 0 saturated carbocycles. The van der Waals surface area contributed by atoms with E-state index >= 15 is 0 Å². The summed E-state index contributed by atoms with van der Waals surface area (Å²) in [6.07, 6.45) is 0. The SMILES string of the molecule is CNC(=O)C(C)Nc1cccc(Cl)n1. The molecule has 0 aliphatic rings. The summed E-state index contributed by atoms with van der Waals surface area (Å²) in [4.78, 5) is 15.2. The van der Waals surface area contributed by atoms with Crippen molar-refractivity contribution in [1.29, 1.82) is 0 Å². The second-order valence-electron chi connectivity index (χ2n) is 2.83. The zero-order valence-corrected chi connectivity index (χ0v) is 8.80. The van der Waals surface area contributed by atoms with Gasteiger partial charge in [-0.2, -0.15) is 0 Å². The molecule has 1 heterocycles. The maximum absolute atomic E-state index is 11.2. The number of carbonyl (C=O) groups excluding carboxylic acids is 1. The minimum Gasteiger partial charge on any atom is -0.359 e. The van der Waals surface area contributed by atoms with E-state index in [1.54, 1.807) is 32.2 Å². The molecule has 1 aromatic heterocycles. The van der Waals surface area contributed by atoms with E-state index in [0.29, 0.717) is 11.0 Å². The lowest BCUT2D eigenvalue weighted by Gasteiger charge is -2.12. The number of nitrogens with one attached hydrogen (secondary N) is 2. The Morgan fingerprint density at radius 3 is 2.86 bits per heavy atom. The average Bonchev–Trinajstić information content (AvgIpc) is 2.16. The number of amides is 1. The summed E-state index contributed by atoms with van der Waals surface area (Å²) in [6, 6.07) is 4.88. The van der Waals surface area contributed by atoms with Gasteiger partial charge in [0.05, 0.1) is 0 Å². The molecule has 5 heteroatoms. The number of halogens is 1. The summed E-state index contributed by atoms with van der Waals surface area (Å²) in [5, 5.41) is 5.87. The summed E-state index contributed by atoms with van der Waals surface area (Å²) in [5.41, 5.74) is 0. The van der Waals surface area contributed by atoms with Gasteiger partial charge in [-0.3, -0.25) is 4.79 Å². The Balaban J connectivity index is 2.64. The van der Waals surface area contributed by atoms with Gasteiger partial charge in [0.15, 0.2) is 0 Å². The van der Waals surface area contributed by atoms with Gasteiger partial charge in [-0.15, -0.1) is 0 Å². The maximum Gasteiger partial charge on any atom is 0.241 e. The number of hydrogen-bond acceptors (Lipinski definition) is 3. The Morgan fingerprint density at radius 2 is 2.29 bits per heavy atom. The first kappa shape index (κ1) is 10.8. The Labute approximate surface area is 87.7 Å². The van der Waals surface area contributed by atoms with Crippen molar-refractivity contribution in [3.8, 4) is 0 Å². The van der Waals surface area contributed by atoms with Crippen LogP contribution < -0.4 is 10.6 Å². The van der Waals surface area contributed by atoms with Crippen molar-refractivity contribution in [2.75, 3.05) is 12.4 Å². The van der Waals surface area contributed by atoms with E-state index in [2.05, 4.69) is 15.6 Å². The first-order valence-electron chi connectivity index (χ1n) is 4.24. The molecule has 76 valence electrons. The zero-order chi connectivity index (χ0) is 10.6. The van der Waals surface area contributed by atoms with E-state index in [9.17, 15) is 4.79 Å². The molecule has 4 nitrogen and oxygen atoms in total. The molecule has 0 aromatic carbocycles. The third-order valence-corrected chi connectivity index (χ3v) is 1.93. The molecule has 2 N–H and O–H groups in total. The first-order chi connectivity index (χ1) is 6.63. The third kappa shape index (κ3) is 2.88. The van der Waals surface area contributed by atoms with Gasteiger partial charge in [0.2, 0.25) is 5.91 Å². The summed E-state index contributed by atoms with van der Waals surface area (Å²) in [5.74, 6) is 0.500. The van der Waals surface area contributed by atoms with Crippen LogP contribution in [0.3, 0.4) is 0 Å². The minimum atomic E-state index is -0.328. The molecule has 0 fully saturated rings.